The van der Waals surface area contributed by atoms with Gasteiger partial charge in [-0.3, -0.25) is 0 Å². The van der Waals surface area contributed by atoms with Crippen molar-refractivity contribution in [3.63, 3.8) is 0 Å². The lowest BCUT2D eigenvalue weighted by Gasteiger charge is -1.96. The maximum Gasteiger partial charge on any atom is 0.128 e. The van der Waals surface area contributed by atoms with E-state index in [0.717, 1.165) is 8.00 Å². The van der Waals surface area contributed by atoms with E-state index in [0.29, 0.717) is 0 Å². The Hall–Kier alpha value is 0.390. The molecule has 0 fully saturated rings. The first-order valence-electron chi connectivity index (χ1n) is 2.42. The Morgan fingerprint density at radius 3 is 2.40 bits per heavy atom. The Labute approximate surface area is 83.7 Å². The van der Waals surface area contributed by atoms with Gasteiger partial charge in [-0.25, -0.2) is 4.68 Å². The molecule has 5 heteroatoms. The van der Waals surface area contributed by atoms with E-state index < -0.39 is 0 Å². The minimum absolute atomic E-state index is 0.837. The second-order valence-electron chi connectivity index (χ2n) is 1.50. The molecule has 0 unspecified atom stereocenters. The van der Waals surface area contributed by atoms with Crippen LogP contribution in [0, 0.1) is 0 Å². The number of nitrogens with zero attached hydrogens (tertiary/aromatic N) is 2. The van der Waals surface area contributed by atoms with Crippen LogP contribution in [0.2, 0.25) is 0 Å². The van der Waals surface area contributed by atoms with Gasteiger partial charge in [0, 0.05) is 12.4 Å². The van der Waals surface area contributed by atoms with Crippen LogP contribution in [0.25, 0.3) is 4.61 Å². The summed E-state index contributed by atoms with van der Waals surface area (Å²) in [5.74, 6) is 0. The van der Waals surface area contributed by atoms with Gasteiger partial charge in [0.15, 0.2) is 0 Å². The molecule has 0 aromatic carbocycles. The maximum atomic E-state index is 3.99. The van der Waals surface area contributed by atoms with Crippen molar-refractivity contribution in [3.8, 4) is 0 Å². The van der Waals surface area contributed by atoms with Crippen LogP contribution in [0.4, 0.5) is 0 Å². The van der Waals surface area contributed by atoms with Gasteiger partial charge in [-0.1, -0.05) is 0 Å². The third-order valence-electron chi connectivity index (χ3n) is 0.861. The van der Waals surface area contributed by atoms with E-state index >= 15 is 0 Å². The molecule has 0 aliphatic carbocycles. The van der Waals surface area contributed by atoms with Crippen molar-refractivity contribution in [1.29, 1.82) is 0 Å². The standard InChI is InChI=1S/C5H3Br3N2/c6-4(7)5(8)10-3-1-2-9-10/h1-3H. The lowest BCUT2D eigenvalue weighted by Crippen LogP contribution is -1.90. The summed E-state index contributed by atoms with van der Waals surface area (Å²) >= 11 is 9.82. The summed E-state index contributed by atoms with van der Waals surface area (Å²) in [5, 5.41) is 3.99. The summed E-state index contributed by atoms with van der Waals surface area (Å²) in [5.41, 5.74) is 0. The van der Waals surface area contributed by atoms with Crippen molar-refractivity contribution in [2.24, 2.45) is 0 Å². The molecule has 0 N–H and O–H groups in total. The van der Waals surface area contributed by atoms with Gasteiger partial charge in [0.1, 0.15) is 4.61 Å². The molecule has 0 bridgehead atoms. The molecule has 1 aromatic heterocycles. The number of halogens is 3. The first-order chi connectivity index (χ1) is 4.72. The molecule has 0 saturated carbocycles. The molecule has 0 amide bonds. The fourth-order valence-corrected chi connectivity index (χ4v) is 1.04. The highest BCUT2D eigenvalue weighted by molar-refractivity contribution is 9.29. The largest absolute Gasteiger partial charge is 0.232 e. The molecular weight excluding hydrogens is 328 g/mol. The van der Waals surface area contributed by atoms with Gasteiger partial charge in [0.25, 0.3) is 0 Å². The quantitative estimate of drug-likeness (QED) is 0.773. The second-order valence-corrected chi connectivity index (χ2v) is 4.90. The first-order valence-corrected chi connectivity index (χ1v) is 4.80. The first kappa shape index (κ1) is 8.49. The molecule has 0 aliphatic rings. The Bertz CT molecular complexity index is 235. The molecule has 1 rings (SSSR count). The minimum atomic E-state index is 0.837. The van der Waals surface area contributed by atoms with E-state index in [9.17, 15) is 0 Å². The zero-order chi connectivity index (χ0) is 7.56. The molecule has 10 heavy (non-hydrogen) atoms. The molecule has 0 radical (unpaired) electrons. The number of aromatic nitrogens is 2. The molecular formula is C5H3Br3N2. The number of hydrogen-bond donors (Lipinski definition) is 0. The molecule has 54 valence electrons. The summed E-state index contributed by atoms with van der Waals surface area (Å²) in [6.45, 7) is 0. The maximum absolute atomic E-state index is 3.99. The van der Waals surface area contributed by atoms with Crippen LogP contribution in [0.5, 0.6) is 0 Å². The van der Waals surface area contributed by atoms with Gasteiger partial charge in [-0.15, -0.1) is 0 Å². The smallest absolute Gasteiger partial charge is 0.128 e. The summed E-state index contributed by atoms with van der Waals surface area (Å²) in [4.78, 5) is 0. The summed E-state index contributed by atoms with van der Waals surface area (Å²) in [6.07, 6.45) is 3.55. The average Bonchev–Trinajstić information content (AvgIpc) is 2.36. The summed E-state index contributed by atoms with van der Waals surface area (Å²) < 4.78 is 3.37. The number of hydrogen-bond acceptors (Lipinski definition) is 1. The lowest BCUT2D eigenvalue weighted by molar-refractivity contribution is 0.929. The Kier molecular flexibility index (Phi) is 3.13. The molecule has 0 aliphatic heterocycles. The number of rotatable bonds is 1. The molecule has 1 heterocycles. The van der Waals surface area contributed by atoms with Crippen LogP contribution >= 0.6 is 47.8 Å². The normalized spacial score (nSPS) is 9.50. The van der Waals surface area contributed by atoms with Gasteiger partial charge in [0.2, 0.25) is 0 Å². The van der Waals surface area contributed by atoms with Crippen LogP contribution in [-0.4, -0.2) is 9.78 Å². The van der Waals surface area contributed by atoms with E-state index in [1.165, 1.54) is 0 Å². The van der Waals surface area contributed by atoms with E-state index in [-0.39, 0.29) is 0 Å². The summed E-state index contributed by atoms with van der Waals surface area (Å²) in [7, 11) is 0. The van der Waals surface area contributed by atoms with Crippen LogP contribution < -0.4 is 0 Å². The van der Waals surface area contributed by atoms with E-state index in [2.05, 4.69) is 52.9 Å². The predicted molar refractivity (Wildman–Crippen MR) is 52.2 cm³/mol. The van der Waals surface area contributed by atoms with Crippen molar-refractivity contribution in [2.45, 2.75) is 0 Å². The highest BCUT2D eigenvalue weighted by Gasteiger charge is 1.98. The van der Waals surface area contributed by atoms with Crippen molar-refractivity contribution in [3.05, 3.63) is 21.9 Å². The topological polar surface area (TPSA) is 17.8 Å². The van der Waals surface area contributed by atoms with Crippen molar-refractivity contribution >= 4 is 52.4 Å². The predicted octanol–water partition coefficient (Wildman–Crippen LogP) is 3.15. The molecule has 0 spiro atoms. The lowest BCUT2D eigenvalue weighted by atomic mass is 10.7. The third-order valence-corrected chi connectivity index (χ3v) is 3.44. The van der Waals surface area contributed by atoms with Gasteiger partial charge in [0.05, 0.1) is 3.39 Å². The highest BCUT2D eigenvalue weighted by Crippen LogP contribution is 2.26. The summed E-state index contributed by atoms with van der Waals surface area (Å²) in [6, 6.07) is 1.85. The van der Waals surface area contributed by atoms with Gasteiger partial charge in [-0.2, -0.15) is 5.10 Å². The van der Waals surface area contributed by atoms with Gasteiger partial charge in [-0.05, 0) is 53.9 Å². The fraction of sp³-hybridized carbons (Fsp3) is 0. The fourth-order valence-electron chi connectivity index (χ4n) is 0.472. The zero-order valence-electron chi connectivity index (χ0n) is 4.76. The SMILES string of the molecule is BrC(Br)=C(Br)n1cccn1. The van der Waals surface area contributed by atoms with Gasteiger partial charge < -0.3 is 0 Å². The van der Waals surface area contributed by atoms with E-state index in [1.54, 1.807) is 10.9 Å². The molecule has 0 saturated heterocycles. The molecule has 1 aromatic rings. The Morgan fingerprint density at radius 2 is 2.00 bits per heavy atom. The van der Waals surface area contributed by atoms with Crippen LogP contribution in [-0.2, 0) is 0 Å². The van der Waals surface area contributed by atoms with Crippen molar-refractivity contribution in [2.75, 3.05) is 0 Å². The van der Waals surface area contributed by atoms with E-state index in [1.807, 2.05) is 12.3 Å². The Balaban J connectivity index is 2.99. The van der Waals surface area contributed by atoms with Crippen LogP contribution in [0.1, 0.15) is 0 Å². The van der Waals surface area contributed by atoms with Crippen molar-refractivity contribution in [1.82, 2.24) is 9.78 Å². The minimum Gasteiger partial charge on any atom is -0.232 e. The second kappa shape index (κ2) is 3.69. The highest BCUT2D eigenvalue weighted by atomic mass is 79.9. The average molecular weight is 331 g/mol. The van der Waals surface area contributed by atoms with E-state index in [4.69, 9.17) is 0 Å². The molecule has 0 atom stereocenters. The third kappa shape index (κ3) is 1.93. The molecule has 2 nitrogen and oxygen atoms in total. The Morgan fingerprint density at radius 1 is 1.30 bits per heavy atom. The van der Waals surface area contributed by atoms with Crippen LogP contribution in [0.15, 0.2) is 21.9 Å². The van der Waals surface area contributed by atoms with Crippen LogP contribution in [0.3, 0.4) is 0 Å². The monoisotopic (exact) mass is 328 g/mol. The zero-order valence-corrected chi connectivity index (χ0v) is 9.52. The van der Waals surface area contributed by atoms with Gasteiger partial charge >= 0.3 is 0 Å². The van der Waals surface area contributed by atoms with Crippen molar-refractivity contribution < 1.29 is 0 Å².